The van der Waals surface area contributed by atoms with Gasteiger partial charge in [0, 0.05) is 19.1 Å². The highest BCUT2D eigenvalue weighted by Crippen LogP contribution is 2.17. The summed E-state index contributed by atoms with van der Waals surface area (Å²) in [5, 5.41) is 0. The maximum Gasteiger partial charge on any atom is 0.242 e. The van der Waals surface area contributed by atoms with E-state index in [0.717, 1.165) is 6.54 Å². The highest BCUT2D eigenvalue weighted by molar-refractivity contribution is 5.86. The van der Waals surface area contributed by atoms with E-state index in [0.29, 0.717) is 19.4 Å². The van der Waals surface area contributed by atoms with Crippen LogP contribution in [0.1, 0.15) is 40.5 Å². The zero-order valence-electron chi connectivity index (χ0n) is 12.3. The summed E-state index contributed by atoms with van der Waals surface area (Å²) in [4.78, 5) is 16.5. The van der Waals surface area contributed by atoms with Gasteiger partial charge in [-0.15, -0.1) is 0 Å². The number of nitrogens with two attached hydrogens (primary N) is 1. The number of nitrogens with zero attached hydrogens (tertiary/aromatic N) is 2. The SMILES string of the molecule is CCN(C(=O)C(N)(CC)CC)C(C)CN(C)C. The van der Waals surface area contributed by atoms with E-state index in [-0.39, 0.29) is 11.9 Å². The Balaban J connectivity index is 4.81. The van der Waals surface area contributed by atoms with Crippen LogP contribution in [0, 0.1) is 0 Å². The first kappa shape index (κ1) is 16.4. The molecule has 1 atom stereocenters. The van der Waals surface area contributed by atoms with Crippen LogP contribution in [-0.4, -0.2) is 54.5 Å². The maximum absolute atomic E-state index is 12.5. The van der Waals surface area contributed by atoms with E-state index in [1.807, 2.05) is 39.8 Å². The van der Waals surface area contributed by atoms with Crippen molar-refractivity contribution < 1.29 is 4.79 Å². The first-order valence-electron chi connectivity index (χ1n) is 6.57. The van der Waals surface area contributed by atoms with Crippen LogP contribution < -0.4 is 5.73 Å². The largest absolute Gasteiger partial charge is 0.337 e. The van der Waals surface area contributed by atoms with Gasteiger partial charge in [0.2, 0.25) is 5.91 Å². The van der Waals surface area contributed by atoms with Crippen molar-refractivity contribution in [2.75, 3.05) is 27.2 Å². The molecule has 1 unspecified atom stereocenters. The Kier molecular flexibility index (Phi) is 6.72. The minimum atomic E-state index is -0.698. The van der Waals surface area contributed by atoms with Gasteiger partial charge in [-0.1, -0.05) is 13.8 Å². The lowest BCUT2D eigenvalue weighted by Gasteiger charge is -2.37. The molecule has 0 aromatic rings. The number of likely N-dealkylation sites (N-methyl/N-ethyl adjacent to an activating group) is 2. The van der Waals surface area contributed by atoms with Crippen molar-refractivity contribution in [2.45, 2.75) is 52.1 Å². The van der Waals surface area contributed by atoms with Crippen molar-refractivity contribution in [3.63, 3.8) is 0 Å². The second-order valence-corrected chi connectivity index (χ2v) is 5.07. The number of rotatable bonds is 7. The molecule has 4 nitrogen and oxygen atoms in total. The summed E-state index contributed by atoms with van der Waals surface area (Å²) in [6, 6.07) is 0.198. The average Bonchev–Trinajstić information content (AvgIpc) is 2.27. The van der Waals surface area contributed by atoms with Crippen LogP contribution in [-0.2, 0) is 4.79 Å². The molecule has 0 aromatic heterocycles. The molecule has 2 N–H and O–H groups in total. The normalized spacial score (nSPS) is 13.9. The third-order valence-corrected chi connectivity index (χ3v) is 3.45. The molecule has 0 fully saturated rings. The third-order valence-electron chi connectivity index (χ3n) is 3.45. The minimum Gasteiger partial charge on any atom is -0.337 e. The molecule has 4 heteroatoms. The molecule has 1 amide bonds. The Hall–Kier alpha value is -0.610. The van der Waals surface area contributed by atoms with Gasteiger partial charge in [0.1, 0.15) is 0 Å². The second-order valence-electron chi connectivity index (χ2n) is 5.07. The molecule has 0 rings (SSSR count). The summed E-state index contributed by atoms with van der Waals surface area (Å²) in [6.07, 6.45) is 1.38. The standard InChI is InChI=1S/C13H29N3O/c1-7-13(14,8-2)12(17)16(9-3)11(4)10-15(5)6/h11H,7-10,14H2,1-6H3. The maximum atomic E-state index is 12.5. The van der Waals surface area contributed by atoms with Crippen molar-refractivity contribution in [1.82, 2.24) is 9.80 Å². The summed E-state index contributed by atoms with van der Waals surface area (Å²) >= 11 is 0. The minimum absolute atomic E-state index is 0.0827. The van der Waals surface area contributed by atoms with Crippen LogP contribution in [0.2, 0.25) is 0 Å². The zero-order chi connectivity index (χ0) is 13.6. The van der Waals surface area contributed by atoms with Gasteiger partial charge in [-0.3, -0.25) is 4.79 Å². The lowest BCUT2D eigenvalue weighted by Crippen LogP contribution is -2.58. The summed E-state index contributed by atoms with van der Waals surface area (Å²) in [5.41, 5.74) is 5.48. The van der Waals surface area contributed by atoms with Gasteiger partial charge in [0.15, 0.2) is 0 Å². The van der Waals surface area contributed by atoms with Gasteiger partial charge in [0.05, 0.1) is 5.54 Å². The van der Waals surface area contributed by atoms with E-state index in [2.05, 4.69) is 11.8 Å². The Morgan fingerprint density at radius 1 is 1.24 bits per heavy atom. The van der Waals surface area contributed by atoms with Gasteiger partial charge in [-0.05, 0) is 40.8 Å². The number of carbonyl (C=O) groups excluding carboxylic acids is 1. The fourth-order valence-corrected chi connectivity index (χ4v) is 2.12. The van der Waals surface area contributed by atoms with Gasteiger partial charge < -0.3 is 15.5 Å². The van der Waals surface area contributed by atoms with E-state index < -0.39 is 5.54 Å². The molecule has 0 bridgehead atoms. The Bertz CT molecular complexity index is 237. The smallest absolute Gasteiger partial charge is 0.242 e. The number of hydrogen-bond donors (Lipinski definition) is 1. The van der Waals surface area contributed by atoms with Crippen molar-refractivity contribution in [3.05, 3.63) is 0 Å². The monoisotopic (exact) mass is 243 g/mol. The van der Waals surface area contributed by atoms with Crippen LogP contribution in [0.3, 0.4) is 0 Å². The Labute approximate surface area is 106 Å². The molecule has 0 aliphatic carbocycles. The number of amides is 1. The van der Waals surface area contributed by atoms with Crippen molar-refractivity contribution >= 4 is 5.91 Å². The fourth-order valence-electron chi connectivity index (χ4n) is 2.12. The van der Waals surface area contributed by atoms with Crippen LogP contribution in [0.4, 0.5) is 0 Å². The van der Waals surface area contributed by atoms with Gasteiger partial charge in [0.25, 0.3) is 0 Å². The quantitative estimate of drug-likeness (QED) is 0.733. The molecule has 0 spiro atoms. The highest BCUT2D eigenvalue weighted by Gasteiger charge is 2.35. The first-order valence-corrected chi connectivity index (χ1v) is 6.57. The summed E-state index contributed by atoms with van der Waals surface area (Å²) in [6.45, 7) is 9.62. The molecule has 0 aliphatic rings. The summed E-state index contributed by atoms with van der Waals surface area (Å²) in [5.74, 6) is 0.0827. The van der Waals surface area contributed by atoms with E-state index in [4.69, 9.17) is 5.73 Å². The van der Waals surface area contributed by atoms with E-state index in [1.165, 1.54) is 0 Å². The van der Waals surface area contributed by atoms with Gasteiger partial charge in [-0.25, -0.2) is 0 Å². The summed E-state index contributed by atoms with van der Waals surface area (Å²) < 4.78 is 0. The van der Waals surface area contributed by atoms with Crippen molar-refractivity contribution in [3.8, 4) is 0 Å². The average molecular weight is 243 g/mol. The second kappa shape index (κ2) is 6.97. The van der Waals surface area contributed by atoms with Crippen LogP contribution in [0.25, 0.3) is 0 Å². The van der Waals surface area contributed by atoms with Crippen molar-refractivity contribution in [2.24, 2.45) is 5.73 Å². The van der Waals surface area contributed by atoms with Gasteiger partial charge >= 0.3 is 0 Å². The molecule has 0 aromatic carbocycles. The predicted octanol–water partition coefficient (Wildman–Crippen LogP) is 1.30. The van der Waals surface area contributed by atoms with Crippen molar-refractivity contribution in [1.29, 1.82) is 0 Å². The lowest BCUT2D eigenvalue weighted by atomic mass is 9.92. The topological polar surface area (TPSA) is 49.6 Å². The molecule has 0 saturated carbocycles. The van der Waals surface area contributed by atoms with E-state index >= 15 is 0 Å². The Morgan fingerprint density at radius 2 is 1.71 bits per heavy atom. The van der Waals surface area contributed by atoms with Crippen LogP contribution >= 0.6 is 0 Å². The first-order chi connectivity index (χ1) is 7.82. The molecule has 0 aliphatic heterocycles. The molecule has 17 heavy (non-hydrogen) atoms. The molecule has 0 saturated heterocycles. The molecular formula is C13H29N3O. The Morgan fingerprint density at radius 3 is 2.00 bits per heavy atom. The number of hydrogen-bond acceptors (Lipinski definition) is 3. The molecule has 0 heterocycles. The van der Waals surface area contributed by atoms with Gasteiger partial charge in [-0.2, -0.15) is 0 Å². The zero-order valence-corrected chi connectivity index (χ0v) is 12.3. The summed E-state index contributed by atoms with van der Waals surface area (Å²) in [7, 11) is 4.04. The molecule has 102 valence electrons. The van der Waals surface area contributed by atoms with E-state index in [1.54, 1.807) is 0 Å². The number of carbonyl (C=O) groups is 1. The van der Waals surface area contributed by atoms with E-state index in [9.17, 15) is 4.79 Å². The predicted molar refractivity (Wildman–Crippen MR) is 72.9 cm³/mol. The third kappa shape index (κ3) is 4.28. The lowest BCUT2D eigenvalue weighted by molar-refractivity contribution is -0.139. The van der Waals surface area contributed by atoms with Crippen LogP contribution in [0.15, 0.2) is 0 Å². The molecule has 0 radical (unpaired) electrons. The fraction of sp³-hybridized carbons (Fsp3) is 0.923. The molecular weight excluding hydrogens is 214 g/mol. The van der Waals surface area contributed by atoms with Crippen LogP contribution in [0.5, 0.6) is 0 Å². The highest BCUT2D eigenvalue weighted by atomic mass is 16.2.